The molecule has 35 heavy (non-hydrogen) atoms. The van der Waals surface area contributed by atoms with Crippen LogP contribution < -0.4 is 10.6 Å². The molecule has 3 N–H and O–H groups in total. The van der Waals surface area contributed by atoms with E-state index in [4.69, 9.17) is 0 Å². The van der Waals surface area contributed by atoms with E-state index < -0.39 is 11.9 Å². The van der Waals surface area contributed by atoms with Crippen LogP contribution in [0.15, 0.2) is 89.8 Å². The molecule has 0 radical (unpaired) electrons. The van der Waals surface area contributed by atoms with Gasteiger partial charge in [-0.15, -0.1) is 11.8 Å². The number of para-hydroxylation sites is 1. The minimum absolute atomic E-state index is 0.0750. The Morgan fingerprint density at radius 2 is 1.51 bits per heavy atom. The zero-order valence-corrected chi connectivity index (χ0v) is 20.1. The van der Waals surface area contributed by atoms with Crippen LogP contribution in [0.5, 0.6) is 0 Å². The van der Waals surface area contributed by atoms with E-state index in [1.54, 1.807) is 48.5 Å². The van der Waals surface area contributed by atoms with Gasteiger partial charge in [-0.1, -0.05) is 48.5 Å². The van der Waals surface area contributed by atoms with Crippen LogP contribution in [-0.4, -0.2) is 28.1 Å². The molecule has 1 unspecified atom stereocenters. The van der Waals surface area contributed by atoms with E-state index in [2.05, 4.69) is 10.6 Å². The number of carboxylic acid groups (broad SMARTS) is 1. The predicted octanol–water partition coefficient (Wildman–Crippen LogP) is 6.22. The van der Waals surface area contributed by atoms with Crippen LogP contribution >= 0.6 is 11.8 Å². The maximum absolute atomic E-state index is 13.1. The normalized spacial score (nSPS) is 11.6. The largest absolute Gasteiger partial charge is 0.478 e. The van der Waals surface area contributed by atoms with Gasteiger partial charge in [-0.05, 0) is 61.2 Å². The van der Waals surface area contributed by atoms with E-state index >= 15 is 0 Å². The van der Waals surface area contributed by atoms with Gasteiger partial charge in [-0.25, -0.2) is 4.79 Å². The number of rotatable bonds is 7. The minimum atomic E-state index is -1.09. The molecule has 0 aliphatic rings. The standard InChI is InChI=1S/C28H24N2O4S/c1-17-8-3-4-15-24(17)30-26(31)18(2)35-21-12-7-11-20(16-21)29-27(32)22-13-5-9-19-10-6-14-23(25(19)22)28(33)34/h3-16,18H,1-2H3,(H,29,32)(H,30,31)(H,33,34). The fourth-order valence-corrected chi connectivity index (χ4v) is 4.69. The summed E-state index contributed by atoms with van der Waals surface area (Å²) >= 11 is 1.38. The smallest absolute Gasteiger partial charge is 0.336 e. The van der Waals surface area contributed by atoms with Crippen molar-refractivity contribution < 1.29 is 19.5 Å². The average molecular weight is 485 g/mol. The summed E-state index contributed by atoms with van der Waals surface area (Å²) < 4.78 is 0. The fourth-order valence-electron chi connectivity index (χ4n) is 3.76. The number of carbonyl (C=O) groups is 3. The zero-order valence-electron chi connectivity index (χ0n) is 19.2. The molecule has 0 saturated carbocycles. The van der Waals surface area contributed by atoms with E-state index in [1.807, 2.05) is 44.2 Å². The lowest BCUT2D eigenvalue weighted by atomic mass is 9.98. The molecule has 0 aliphatic carbocycles. The Morgan fingerprint density at radius 1 is 0.829 bits per heavy atom. The van der Waals surface area contributed by atoms with Gasteiger partial charge in [-0.2, -0.15) is 0 Å². The highest BCUT2D eigenvalue weighted by molar-refractivity contribution is 8.00. The Hall–Kier alpha value is -4.10. The van der Waals surface area contributed by atoms with Gasteiger partial charge in [0.15, 0.2) is 0 Å². The molecule has 176 valence electrons. The molecule has 1 atom stereocenters. The topological polar surface area (TPSA) is 95.5 Å². The summed E-state index contributed by atoms with van der Waals surface area (Å²) in [6.45, 7) is 3.77. The highest BCUT2D eigenvalue weighted by Gasteiger charge is 2.18. The number of hydrogen-bond acceptors (Lipinski definition) is 4. The van der Waals surface area contributed by atoms with Crippen LogP contribution in [-0.2, 0) is 4.79 Å². The lowest BCUT2D eigenvalue weighted by molar-refractivity contribution is -0.115. The fraction of sp³-hybridized carbons (Fsp3) is 0.107. The van der Waals surface area contributed by atoms with Crippen molar-refractivity contribution in [2.75, 3.05) is 10.6 Å². The lowest BCUT2D eigenvalue weighted by Crippen LogP contribution is -2.22. The summed E-state index contributed by atoms with van der Waals surface area (Å²) in [5, 5.41) is 16.1. The van der Waals surface area contributed by atoms with Crippen LogP contribution in [0.3, 0.4) is 0 Å². The summed E-state index contributed by atoms with van der Waals surface area (Å²) in [6.07, 6.45) is 0. The molecule has 0 spiro atoms. The number of amides is 2. The number of nitrogens with one attached hydrogen (secondary N) is 2. The molecule has 4 aromatic carbocycles. The molecule has 0 heterocycles. The number of aryl methyl sites for hydroxylation is 1. The van der Waals surface area contributed by atoms with Gasteiger partial charge in [0.2, 0.25) is 5.91 Å². The second kappa shape index (κ2) is 10.4. The minimum Gasteiger partial charge on any atom is -0.478 e. The van der Waals surface area contributed by atoms with Gasteiger partial charge >= 0.3 is 5.97 Å². The predicted molar refractivity (Wildman–Crippen MR) is 140 cm³/mol. The number of carbonyl (C=O) groups excluding carboxylic acids is 2. The third-order valence-corrected chi connectivity index (χ3v) is 6.65. The molecule has 2 amide bonds. The molecular formula is C28H24N2O4S. The number of anilines is 2. The molecule has 0 aromatic heterocycles. The zero-order chi connectivity index (χ0) is 24.9. The average Bonchev–Trinajstić information content (AvgIpc) is 2.84. The Morgan fingerprint density at radius 3 is 2.23 bits per heavy atom. The number of benzene rings is 4. The van der Waals surface area contributed by atoms with Crippen molar-refractivity contribution in [2.24, 2.45) is 0 Å². The van der Waals surface area contributed by atoms with Crippen LogP contribution in [0.25, 0.3) is 10.8 Å². The van der Waals surface area contributed by atoms with E-state index in [0.717, 1.165) is 16.1 Å². The molecule has 4 aromatic rings. The van der Waals surface area contributed by atoms with Gasteiger partial charge < -0.3 is 15.7 Å². The molecule has 0 aliphatic heterocycles. The first-order valence-corrected chi connectivity index (χ1v) is 11.9. The van der Waals surface area contributed by atoms with E-state index in [9.17, 15) is 19.5 Å². The van der Waals surface area contributed by atoms with E-state index in [0.29, 0.717) is 16.5 Å². The van der Waals surface area contributed by atoms with E-state index in [1.165, 1.54) is 17.8 Å². The number of thioether (sulfide) groups is 1. The van der Waals surface area contributed by atoms with Crippen LogP contribution in [0, 0.1) is 6.92 Å². The van der Waals surface area contributed by atoms with Crippen molar-refractivity contribution in [2.45, 2.75) is 24.0 Å². The van der Waals surface area contributed by atoms with E-state index in [-0.39, 0.29) is 22.3 Å². The molecule has 6 nitrogen and oxygen atoms in total. The van der Waals surface area contributed by atoms with Crippen molar-refractivity contribution >= 4 is 51.7 Å². The first-order valence-electron chi connectivity index (χ1n) is 11.0. The molecule has 7 heteroatoms. The monoisotopic (exact) mass is 484 g/mol. The van der Waals surface area contributed by atoms with Crippen LogP contribution in [0.2, 0.25) is 0 Å². The van der Waals surface area contributed by atoms with Gasteiger partial charge in [-0.3, -0.25) is 9.59 Å². The first kappa shape index (κ1) is 24.0. The number of aromatic carboxylic acids is 1. The van der Waals surface area contributed by atoms with Crippen molar-refractivity contribution in [3.8, 4) is 0 Å². The number of hydrogen-bond donors (Lipinski definition) is 3. The number of carboxylic acids is 1. The first-order chi connectivity index (χ1) is 16.8. The molecular weight excluding hydrogens is 460 g/mol. The highest BCUT2D eigenvalue weighted by Crippen LogP contribution is 2.28. The third kappa shape index (κ3) is 5.53. The molecule has 0 bridgehead atoms. The van der Waals surface area contributed by atoms with Gasteiger partial charge in [0.05, 0.1) is 10.8 Å². The summed E-state index contributed by atoms with van der Waals surface area (Å²) in [6, 6.07) is 24.9. The van der Waals surface area contributed by atoms with Crippen molar-refractivity contribution in [1.29, 1.82) is 0 Å². The Labute approximate surface area is 207 Å². The second-order valence-corrected chi connectivity index (χ2v) is 9.47. The highest BCUT2D eigenvalue weighted by atomic mass is 32.2. The Balaban J connectivity index is 1.50. The maximum Gasteiger partial charge on any atom is 0.336 e. The summed E-state index contributed by atoms with van der Waals surface area (Å²) in [5.74, 6) is -1.61. The van der Waals surface area contributed by atoms with Gasteiger partial charge in [0, 0.05) is 27.2 Å². The number of fused-ring (bicyclic) bond motifs is 1. The van der Waals surface area contributed by atoms with Crippen LogP contribution in [0.1, 0.15) is 33.2 Å². The maximum atomic E-state index is 13.1. The quantitative estimate of drug-likeness (QED) is 0.271. The third-order valence-electron chi connectivity index (χ3n) is 5.56. The van der Waals surface area contributed by atoms with Crippen LogP contribution in [0.4, 0.5) is 11.4 Å². The summed E-state index contributed by atoms with van der Waals surface area (Å²) in [5.41, 5.74) is 2.68. The lowest BCUT2D eigenvalue weighted by Gasteiger charge is -2.14. The second-order valence-electron chi connectivity index (χ2n) is 8.06. The van der Waals surface area contributed by atoms with Gasteiger partial charge in [0.25, 0.3) is 5.91 Å². The molecule has 4 rings (SSSR count). The Kier molecular flexibility index (Phi) is 7.17. The van der Waals surface area contributed by atoms with Crippen molar-refractivity contribution in [3.05, 3.63) is 102 Å². The van der Waals surface area contributed by atoms with Crippen molar-refractivity contribution in [3.63, 3.8) is 0 Å². The summed E-state index contributed by atoms with van der Waals surface area (Å²) in [4.78, 5) is 38.3. The molecule has 0 saturated heterocycles. The summed E-state index contributed by atoms with van der Waals surface area (Å²) in [7, 11) is 0. The Bertz CT molecular complexity index is 1430. The SMILES string of the molecule is Cc1ccccc1NC(=O)C(C)Sc1cccc(NC(=O)c2cccc3cccc(C(=O)O)c23)c1. The van der Waals surface area contributed by atoms with Gasteiger partial charge in [0.1, 0.15) is 0 Å². The molecule has 0 fully saturated rings. The van der Waals surface area contributed by atoms with Crippen molar-refractivity contribution in [1.82, 2.24) is 0 Å².